The van der Waals surface area contributed by atoms with E-state index in [4.69, 9.17) is 16.3 Å². The number of esters is 1. The minimum atomic E-state index is -0.799. The van der Waals surface area contributed by atoms with E-state index >= 15 is 0 Å². The maximum absolute atomic E-state index is 13.1. The van der Waals surface area contributed by atoms with Crippen LogP contribution in [0, 0.1) is 5.82 Å². The molecular weight excluding hydrogens is 409 g/mol. The van der Waals surface area contributed by atoms with Gasteiger partial charge in [-0.05, 0) is 18.2 Å². The Balaban J connectivity index is 1.67. The molecule has 0 fully saturated rings. The predicted molar refractivity (Wildman–Crippen MR) is 101 cm³/mol. The van der Waals surface area contributed by atoms with Crippen molar-refractivity contribution in [2.24, 2.45) is 14.1 Å². The number of fused-ring (bicyclic) bond motifs is 1. The average molecular weight is 424 g/mol. The number of aromatic nitrogens is 4. The molecule has 0 radical (unpaired) electrons. The van der Waals surface area contributed by atoms with Gasteiger partial charge in [0.1, 0.15) is 12.4 Å². The molecule has 29 heavy (non-hydrogen) atoms. The van der Waals surface area contributed by atoms with Gasteiger partial charge in [-0.15, -0.1) is 0 Å². The Bertz CT molecular complexity index is 1250. The van der Waals surface area contributed by atoms with Gasteiger partial charge < -0.3 is 14.6 Å². The molecule has 0 unspecified atom stereocenters. The molecule has 1 amide bonds. The van der Waals surface area contributed by atoms with Gasteiger partial charge >= 0.3 is 11.7 Å². The van der Waals surface area contributed by atoms with Crippen molar-refractivity contribution in [3.8, 4) is 0 Å². The summed E-state index contributed by atoms with van der Waals surface area (Å²) >= 11 is 5.63. The van der Waals surface area contributed by atoms with Crippen molar-refractivity contribution in [1.29, 1.82) is 0 Å². The summed E-state index contributed by atoms with van der Waals surface area (Å²) < 4.78 is 21.3. The highest BCUT2D eigenvalue weighted by Gasteiger charge is 2.17. The van der Waals surface area contributed by atoms with Crippen molar-refractivity contribution in [3.63, 3.8) is 0 Å². The molecule has 12 heteroatoms. The molecule has 1 aromatic carbocycles. The van der Waals surface area contributed by atoms with Gasteiger partial charge in [0.25, 0.3) is 11.5 Å². The number of nitrogens with one attached hydrogen (secondary N) is 1. The third kappa shape index (κ3) is 4.04. The first-order valence-electron chi connectivity index (χ1n) is 8.20. The summed E-state index contributed by atoms with van der Waals surface area (Å²) in [6.07, 6.45) is 1.23. The van der Waals surface area contributed by atoms with Gasteiger partial charge in [-0.2, -0.15) is 0 Å². The summed E-state index contributed by atoms with van der Waals surface area (Å²) in [7, 11) is 2.76. The number of ether oxygens (including phenoxy) is 1. The molecule has 0 aliphatic rings. The van der Waals surface area contributed by atoms with E-state index in [1.54, 1.807) is 0 Å². The Morgan fingerprint density at radius 2 is 1.97 bits per heavy atom. The number of benzene rings is 1. The summed E-state index contributed by atoms with van der Waals surface area (Å²) in [5.74, 6) is -2.09. The van der Waals surface area contributed by atoms with Crippen molar-refractivity contribution in [1.82, 2.24) is 18.7 Å². The first-order valence-corrected chi connectivity index (χ1v) is 8.58. The Labute approximate surface area is 167 Å². The topological polar surface area (TPSA) is 117 Å². The van der Waals surface area contributed by atoms with Crippen molar-refractivity contribution in [2.45, 2.75) is 6.54 Å². The largest absolute Gasteiger partial charge is 0.454 e. The van der Waals surface area contributed by atoms with E-state index in [9.17, 15) is 23.6 Å². The van der Waals surface area contributed by atoms with Crippen molar-refractivity contribution in [3.05, 3.63) is 56.2 Å². The zero-order valence-corrected chi connectivity index (χ0v) is 16.1. The number of halogens is 2. The minimum absolute atomic E-state index is 0.0527. The Hall–Kier alpha value is -3.47. The van der Waals surface area contributed by atoms with E-state index in [0.29, 0.717) is 0 Å². The van der Waals surface area contributed by atoms with Crippen LogP contribution in [0.5, 0.6) is 0 Å². The molecule has 10 nitrogen and oxygen atoms in total. The summed E-state index contributed by atoms with van der Waals surface area (Å²) in [6, 6.07) is 3.61. The summed E-state index contributed by atoms with van der Waals surface area (Å²) in [6.45, 7) is -0.990. The van der Waals surface area contributed by atoms with E-state index in [-0.39, 0.29) is 28.4 Å². The number of carbonyl (C=O) groups excluding carboxylic acids is 2. The highest BCUT2D eigenvalue weighted by atomic mass is 35.5. The van der Waals surface area contributed by atoms with Crippen LogP contribution < -0.4 is 16.6 Å². The zero-order valence-electron chi connectivity index (χ0n) is 15.3. The maximum atomic E-state index is 13.1. The van der Waals surface area contributed by atoms with Gasteiger partial charge in [0.2, 0.25) is 0 Å². The first-order chi connectivity index (χ1) is 13.7. The van der Waals surface area contributed by atoms with Crippen LogP contribution >= 0.6 is 11.6 Å². The molecular formula is C17H15ClFN5O5. The van der Waals surface area contributed by atoms with Crippen LogP contribution in [0.1, 0.15) is 0 Å². The summed E-state index contributed by atoms with van der Waals surface area (Å²) in [5, 5.41) is 2.24. The number of hydrogen-bond donors (Lipinski definition) is 1. The van der Waals surface area contributed by atoms with E-state index in [2.05, 4.69) is 10.3 Å². The molecule has 0 spiro atoms. The molecule has 0 saturated carbocycles. The second-order valence-electron chi connectivity index (χ2n) is 6.09. The fourth-order valence-corrected chi connectivity index (χ4v) is 2.80. The summed E-state index contributed by atoms with van der Waals surface area (Å²) in [5.41, 5.74) is -0.747. The number of carbonyl (C=O) groups is 2. The Morgan fingerprint density at radius 3 is 2.66 bits per heavy atom. The minimum Gasteiger partial charge on any atom is -0.454 e. The molecule has 0 saturated heterocycles. The normalized spacial score (nSPS) is 10.9. The Morgan fingerprint density at radius 1 is 1.24 bits per heavy atom. The SMILES string of the molecule is Cn1c(=O)c2c(ncn2CC(=O)OCC(=O)Nc2ccc(F)c(Cl)c2)n(C)c1=O. The van der Waals surface area contributed by atoms with E-state index < -0.39 is 35.5 Å². The second-order valence-corrected chi connectivity index (χ2v) is 6.50. The molecule has 152 valence electrons. The highest BCUT2D eigenvalue weighted by Crippen LogP contribution is 2.19. The summed E-state index contributed by atoms with van der Waals surface area (Å²) in [4.78, 5) is 52.1. The van der Waals surface area contributed by atoms with Crippen LogP contribution in [-0.2, 0) is 35.0 Å². The van der Waals surface area contributed by atoms with E-state index in [0.717, 1.165) is 10.6 Å². The molecule has 1 N–H and O–H groups in total. The van der Waals surface area contributed by atoms with E-state index in [1.165, 1.54) is 41.7 Å². The molecule has 0 bridgehead atoms. The molecule has 3 aromatic rings. The third-order valence-corrected chi connectivity index (χ3v) is 4.37. The predicted octanol–water partition coefficient (Wildman–Crippen LogP) is 0.408. The lowest BCUT2D eigenvalue weighted by molar-refractivity contribution is -0.147. The van der Waals surface area contributed by atoms with Crippen LogP contribution in [0.15, 0.2) is 34.1 Å². The average Bonchev–Trinajstić information content (AvgIpc) is 3.09. The van der Waals surface area contributed by atoms with Gasteiger partial charge in [-0.25, -0.2) is 14.2 Å². The number of hydrogen-bond acceptors (Lipinski definition) is 6. The number of nitrogens with zero attached hydrogens (tertiary/aromatic N) is 4. The molecule has 2 aromatic heterocycles. The van der Waals surface area contributed by atoms with Crippen LogP contribution in [0.2, 0.25) is 5.02 Å². The van der Waals surface area contributed by atoms with Gasteiger partial charge in [0.05, 0.1) is 11.3 Å². The second kappa shape index (κ2) is 7.87. The monoisotopic (exact) mass is 423 g/mol. The lowest BCUT2D eigenvalue weighted by Crippen LogP contribution is -2.37. The molecule has 2 heterocycles. The lowest BCUT2D eigenvalue weighted by atomic mass is 10.3. The quantitative estimate of drug-likeness (QED) is 0.594. The molecule has 0 aliphatic heterocycles. The van der Waals surface area contributed by atoms with Crippen molar-refractivity contribution in [2.75, 3.05) is 11.9 Å². The number of rotatable bonds is 5. The lowest BCUT2D eigenvalue weighted by Gasteiger charge is -2.08. The fraction of sp³-hybridized carbons (Fsp3) is 0.235. The fourth-order valence-electron chi connectivity index (χ4n) is 2.62. The maximum Gasteiger partial charge on any atom is 0.332 e. The van der Waals surface area contributed by atoms with Crippen LogP contribution in [0.4, 0.5) is 10.1 Å². The van der Waals surface area contributed by atoms with Gasteiger partial charge in [-0.1, -0.05) is 11.6 Å². The number of amides is 1. The van der Waals surface area contributed by atoms with Gasteiger partial charge in [0.15, 0.2) is 17.8 Å². The third-order valence-electron chi connectivity index (χ3n) is 4.08. The molecule has 0 aliphatic carbocycles. The number of aryl methyl sites for hydroxylation is 1. The van der Waals surface area contributed by atoms with Crippen LogP contribution in [0.25, 0.3) is 11.2 Å². The van der Waals surface area contributed by atoms with Gasteiger partial charge in [-0.3, -0.25) is 23.5 Å². The van der Waals surface area contributed by atoms with Crippen LogP contribution in [-0.4, -0.2) is 37.2 Å². The standard InChI is InChI=1S/C17H15ClFN5O5/c1-22-15-14(16(27)23(2)17(22)28)24(8-20-15)6-13(26)29-7-12(25)21-9-3-4-11(19)10(18)5-9/h3-5,8H,6-7H2,1-2H3,(H,21,25). The first kappa shape index (κ1) is 20.3. The zero-order chi connectivity index (χ0) is 21.3. The number of imidazole rings is 1. The van der Waals surface area contributed by atoms with Crippen molar-refractivity contribution < 1.29 is 18.7 Å². The smallest absolute Gasteiger partial charge is 0.332 e. The van der Waals surface area contributed by atoms with Crippen molar-refractivity contribution >= 4 is 40.3 Å². The molecule has 0 atom stereocenters. The van der Waals surface area contributed by atoms with E-state index in [1.807, 2.05) is 0 Å². The Kier molecular flexibility index (Phi) is 5.50. The van der Waals surface area contributed by atoms with Crippen LogP contribution in [0.3, 0.4) is 0 Å². The highest BCUT2D eigenvalue weighted by molar-refractivity contribution is 6.31. The molecule has 3 rings (SSSR count). The number of anilines is 1. The van der Waals surface area contributed by atoms with Gasteiger partial charge in [0, 0.05) is 19.8 Å².